The summed E-state index contributed by atoms with van der Waals surface area (Å²) in [6, 6.07) is 0. The fourth-order valence-corrected chi connectivity index (χ4v) is 2.90. The molecule has 0 aliphatic carbocycles. The van der Waals surface area contributed by atoms with Crippen molar-refractivity contribution in [2.75, 3.05) is 6.61 Å². The van der Waals surface area contributed by atoms with Crippen LogP contribution in [0, 0.1) is 0 Å². The molecule has 2 N–H and O–H groups in total. The summed E-state index contributed by atoms with van der Waals surface area (Å²) in [5.74, 6) is 0. The van der Waals surface area contributed by atoms with E-state index >= 15 is 0 Å². The highest BCUT2D eigenvalue weighted by atomic mass is 16.3. The normalized spacial score (nSPS) is 13.0. The molecule has 0 fully saturated rings. The highest BCUT2D eigenvalue weighted by Crippen LogP contribution is 2.11. The van der Waals surface area contributed by atoms with E-state index in [2.05, 4.69) is 19.1 Å². The fraction of sp³-hybridized carbons (Fsp3) is 0.905. The maximum Gasteiger partial charge on any atom is 0.0770 e. The summed E-state index contributed by atoms with van der Waals surface area (Å²) >= 11 is 0. The number of hydrogen-bond donors (Lipinski definition) is 2. The second-order valence-electron chi connectivity index (χ2n) is 6.92. The Bertz CT molecular complexity index is 238. The van der Waals surface area contributed by atoms with Crippen LogP contribution in [0.25, 0.3) is 0 Å². The number of aliphatic hydroxyl groups is 2. The Labute approximate surface area is 145 Å². The SMILES string of the molecule is CCCCCCCCC=CCCCCCCCCCC(O)CO. The third-order valence-electron chi connectivity index (χ3n) is 4.51. The van der Waals surface area contributed by atoms with Crippen molar-refractivity contribution in [3.05, 3.63) is 12.2 Å². The molecule has 0 radical (unpaired) electrons. The highest BCUT2D eigenvalue weighted by molar-refractivity contribution is 4.81. The van der Waals surface area contributed by atoms with Crippen molar-refractivity contribution in [2.45, 2.75) is 116 Å². The smallest absolute Gasteiger partial charge is 0.0770 e. The summed E-state index contributed by atoms with van der Waals surface area (Å²) in [7, 11) is 0. The number of rotatable bonds is 18. The van der Waals surface area contributed by atoms with Gasteiger partial charge in [0.15, 0.2) is 0 Å². The molecule has 0 saturated carbocycles. The number of unbranched alkanes of at least 4 members (excludes halogenated alkanes) is 13. The molecule has 0 spiro atoms. The second kappa shape index (κ2) is 19.7. The Kier molecular flexibility index (Phi) is 19.4. The van der Waals surface area contributed by atoms with Crippen LogP contribution in [0.2, 0.25) is 0 Å². The molecule has 0 bridgehead atoms. The summed E-state index contributed by atoms with van der Waals surface area (Å²) in [5, 5.41) is 17.9. The summed E-state index contributed by atoms with van der Waals surface area (Å²) < 4.78 is 0. The molecule has 0 saturated heterocycles. The van der Waals surface area contributed by atoms with E-state index in [4.69, 9.17) is 5.11 Å². The first kappa shape index (κ1) is 22.7. The highest BCUT2D eigenvalue weighted by Gasteiger charge is 2.00. The predicted molar refractivity (Wildman–Crippen MR) is 102 cm³/mol. The molecule has 0 aromatic carbocycles. The zero-order valence-corrected chi connectivity index (χ0v) is 15.6. The predicted octanol–water partition coefficient (Wildman–Crippen LogP) is 6.16. The Morgan fingerprint density at radius 3 is 1.57 bits per heavy atom. The average Bonchev–Trinajstić information content (AvgIpc) is 2.57. The zero-order chi connectivity index (χ0) is 17.0. The minimum Gasteiger partial charge on any atom is -0.394 e. The van der Waals surface area contributed by atoms with Gasteiger partial charge in [-0.3, -0.25) is 0 Å². The van der Waals surface area contributed by atoms with Gasteiger partial charge in [-0.1, -0.05) is 89.7 Å². The molecule has 2 nitrogen and oxygen atoms in total. The van der Waals surface area contributed by atoms with Gasteiger partial charge in [0.05, 0.1) is 12.7 Å². The van der Waals surface area contributed by atoms with Crippen molar-refractivity contribution >= 4 is 0 Å². The number of hydrogen-bond acceptors (Lipinski definition) is 2. The Balaban J connectivity index is 3.08. The van der Waals surface area contributed by atoms with Crippen LogP contribution in [-0.4, -0.2) is 22.9 Å². The monoisotopic (exact) mass is 326 g/mol. The molecule has 0 rings (SSSR count). The van der Waals surface area contributed by atoms with Crippen LogP contribution in [0.5, 0.6) is 0 Å². The fourth-order valence-electron chi connectivity index (χ4n) is 2.90. The van der Waals surface area contributed by atoms with Crippen LogP contribution in [0.4, 0.5) is 0 Å². The van der Waals surface area contributed by atoms with Crippen LogP contribution < -0.4 is 0 Å². The number of allylic oxidation sites excluding steroid dienone is 2. The number of aliphatic hydroxyl groups excluding tert-OH is 2. The van der Waals surface area contributed by atoms with Crippen molar-refractivity contribution in [1.82, 2.24) is 0 Å². The molecule has 0 aliphatic rings. The Morgan fingerprint density at radius 2 is 1.09 bits per heavy atom. The van der Waals surface area contributed by atoms with Crippen LogP contribution in [0.3, 0.4) is 0 Å². The van der Waals surface area contributed by atoms with Crippen LogP contribution in [0.15, 0.2) is 12.2 Å². The van der Waals surface area contributed by atoms with E-state index in [9.17, 15) is 5.11 Å². The van der Waals surface area contributed by atoms with Gasteiger partial charge in [0.25, 0.3) is 0 Å². The van der Waals surface area contributed by atoms with E-state index in [1.54, 1.807) is 0 Å². The van der Waals surface area contributed by atoms with Gasteiger partial charge in [0, 0.05) is 0 Å². The summed E-state index contributed by atoms with van der Waals surface area (Å²) in [6.45, 7) is 2.18. The Morgan fingerprint density at radius 1 is 0.652 bits per heavy atom. The average molecular weight is 327 g/mol. The summed E-state index contributed by atoms with van der Waals surface area (Å²) in [4.78, 5) is 0. The van der Waals surface area contributed by atoms with Crippen molar-refractivity contribution in [1.29, 1.82) is 0 Å². The summed E-state index contributed by atoms with van der Waals surface area (Å²) in [6.07, 6.45) is 24.7. The molecule has 0 aliphatic heterocycles. The lowest BCUT2D eigenvalue weighted by atomic mass is 10.1. The van der Waals surface area contributed by atoms with Gasteiger partial charge in [-0.15, -0.1) is 0 Å². The molecule has 138 valence electrons. The minimum atomic E-state index is -0.502. The van der Waals surface area contributed by atoms with Gasteiger partial charge in [-0.2, -0.15) is 0 Å². The van der Waals surface area contributed by atoms with Gasteiger partial charge in [-0.25, -0.2) is 0 Å². The van der Waals surface area contributed by atoms with Crippen molar-refractivity contribution in [3.63, 3.8) is 0 Å². The van der Waals surface area contributed by atoms with Gasteiger partial charge >= 0.3 is 0 Å². The van der Waals surface area contributed by atoms with E-state index < -0.39 is 6.10 Å². The minimum absolute atomic E-state index is 0.0909. The molecule has 0 aromatic heterocycles. The lowest BCUT2D eigenvalue weighted by Crippen LogP contribution is -2.10. The zero-order valence-electron chi connectivity index (χ0n) is 15.6. The van der Waals surface area contributed by atoms with Gasteiger partial charge in [0.2, 0.25) is 0 Å². The maximum atomic E-state index is 9.23. The maximum absolute atomic E-state index is 9.23. The molecule has 0 heterocycles. The van der Waals surface area contributed by atoms with Crippen LogP contribution in [0.1, 0.15) is 110 Å². The second-order valence-corrected chi connectivity index (χ2v) is 6.92. The molecule has 1 atom stereocenters. The largest absolute Gasteiger partial charge is 0.394 e. The van der Waals surface area contributed by atoms with Crippen LogP contribution >= 0.6 is 0 Å². The van der Waals surface area contributed by atoms with E-state index in [1.165, 1.54) is 89.9 Å². The standard InChI is InChI=1S/C21H42O2/c1-2-3-4-5-6-7-8-9-10-11-12-13-14-15-16-17-18-19-21(23)20-22/h9-10,21-23H,2-8,11-20H2,1H3. The van der Waals surface area contributed by atoms with Crippen molar-refractivity contribution in [2.24, 2.45) is 0 Å². The lowest BCUT2D eigenvalue weighted by molar-refractivity contribution is 0.0860. The summed E-state index contributed by atoms with van der Waals surface area (Å²) in [5.41, 5.74) is 0. The lowest BCUT2D eigenvalue weighted by Gasteiger charge is -2.06. The molecular weight excluding hydrogens is 284 g/mol. The van der Waals surface area contributed by atoms with Crippen molar-refractivity contribution < 1.29 is 10.2 Å². The molecular formula is C21H42O2. The molecule has 0 aromatic rings. The van der Waals surface area contributed by atoms with Gasteiger partial charge < -0.3 is 10.2 Å². The van der Waals surface area contributed by atoms with E-state index in [-0.39, 0.29) is 6.61 Å². The quantitative estimate of drug-likeness (QED) is 0.234. The third kappa shape index (κ3) is 19.6. The van der Waals surface area contributed by atoms with Crippen molar-refractivity contribution in [3.8, 4) is 0 Å². The van der Waals surface area contributed by atoms with E-state index in [0.717, 1.165) is 12.8 Å². The molecule has 2 heteroatoms. The van der Waals surface area contributed by atoms with Crippen LogP contribution in [-0.2, 0) is 0 Å². The van der Waals surface area contributed by atoms with Gasteiger partial charge in [0.1, 0.15) is 0 Å². The van der Waals surface area contributed by atoms with E-state index in [0.29, 0.717) is 0 Å². The molecule has 1 unspecified atom stereocenters. The molecule has 0 amide bonds. The Hall–Kier alpha value is -0.340. The first-order valence-electron chi connectivity index (χ1n) is 10.2. The topological polar surface area (TPSA) is 40.5 Å². The first-order chi connectivity index (χ1) is 11.3. The third-order valence-corrected chi connectivity index (χ3v) is 4.51. The first-order valence-corrected chi connectivity index (χ1v) is 10.2. The molecule has 23 heavy (non-hydrogen) atoms. The van der Waals surface area contributed by atoms with Gasteiger partial charge in [-0.05, 0) is 32.1 Å². The van der Waals surface area contributed by atoms with E-state index in [1.807, 2.05) is 0 Å².